The molecule has 0 aliphatic rings. The van der Waals surface area contributed by atoms with Gasteiger partial charge in [0.1, 0.15) is 5.75 Å². The molecule has 0 spiro atoms. The van der Waals surface area contributed by atoms with Gasteiger partial charge in [0, 0.05) is 22.8 Å². The van der Waals surface area contributed by atoms with E-state index in [1.54, 1.807) is 11.3 Å². The number of rotatable bonds is 5. The second-order valence-corrected chi connectivity index (χ2v) is 4.98. The van der Waals surface area contributed by atoms with Crippen molar-refractivity contribution in [1.29, 1.82) is 0 Å². The zero-order chi connectivity index (χ0) is 12.1. The van der Waals surface area contributed by atoms with Crippen molar-refractivity contribution in [1.82, 2.24) is 4.98 Å². The minimum absolute atomic E-state index is 0.692. The number of nitrogens with one attached hydrogen (secondary N) is 1. The molecule has 0 saturated carbocycles. The molecule has 0 aliphatic carbocycles. The Morgan fingerprint density at radius 3 is 3.00 bits per heavy atom. The molecule has 1 heterocycles. The molecule has 2 aromatic rings. The van der Waals surface area contributed by atoms with Gasteiger partial charge in [-0.15, -0.1) is 11.3 Å². The number of aryl methyl sites for hydroxylation is 1. The summed E-state index contributed by atoms with van der Waals surface area (Å²) in [4.78, 5) is 5.47. The monoisotopic (exact) mass is 248 g/mol. The highest BCUT2D eigenvalue weighted by Gasteiger charge is 1.99. The standard InChI is InChI=1S/C13H16N2OS/c1-3-16-12-6-4-5-11(7-12)15-9-13-8-14-10(2)17-13/h4-8,15H,3,9H2,1-2H3. The summed E-state index contributed by atoms with van der Waals surface area (Å²) in [5.74, 6) is 0.901. The third-order valence-electron chi connectivity index (χ3n) is 2.28. The van der Waals surface area contributed by atoms with Crippen molar-refractivity contribution in [3.63, 3.8) is 0 Å². The van der Waals surface area contributed by atoms with Crippen molar-refractivity contribution in [3.05, 3.63) is 40.3 Å². The Bertz CT molecular complexity index is 482. The molecule has 0 bridgehead atoms. The van der Waals surface area contributed by atoms with E-state index in [2.05, 4.69) is 10.3 Å². The molecule has 0 atom stereocenters. The maximum Gasteiger partial charge on any atom is 0.121 e. The van der Waals surface area contributed by atoms with Gasteiger partial charge in [-0.1, -0.05) is 6.07 Å². The highest BCUT2D eigenvalue weighted by molar-refractivity contribution is 7.11. The number of hydrogen-bond acceptors (Lipinski definition) is 4. The number of aromatic nitrogens is 1. The summed E-state index contributed by atoms with van der Waals surface area (Å²) in [5.41, 5.74) is 1.07. The topological polar surface area (TPSA) is 34.1 Å². The third-order valence-corrected chi connectivity index (χ3v) is 3.19. The second-order valence-electron chi connectivity index (χ2n) is 3.66. The summed E-state index contributed by atoms with van der Waals surface area (Å²) < 4.78 is 5.45. The molecule has 4 heteroatoms. The quantitative estimate of drug-likeness (QED) is 0.879. The first-order valence-electron chi connectivity index (χ1n) is 5.66. The Morgan fingerprint density at radius 2 is 2.29 bits per heavy atom. The molecule has 0 aliphatic heterocycles. The fourth-order valence-corrected chi connectivity index (χ4v) is 2.27. The van der Waals surface area contributed by atoms with E-state index in [-0.39, 0.29) is 0 Å². The van der Waals surface area contributed by atoms with Crippen LogP contribution in [0.15, 0.2) is 30.5 Å². The van der Waals surface area contributed by atoms with Crippen LogP contribution in [0.3, 0.4) is 0 Å². The van der Waals surface area contributed by atoms with E-state index in [0.29, 0.717) is 6.61 Å². The lowest BCUT2D eigenvalue weighted by atomic mass is 10.3. The summed E-state index contributed by atoms with van der Waals surface area (Å²) in [7, 11) is 0. The maximum absolute atomic E-state index is 5.45. The van der Waals surface area contributed by atoms with Crippen LogP contribution in [0.2, 0.25) is 0 Å². The molecule has 0 saturated heterocycles. The van der Waals surface area contributed by atoms with Crippen molar-refractivity contribution in [2.75, 3.05) is 11.9 Å². The first kappa shape index (κ1) is 11.9. The lowest BCUT2D eigenvalue weighted by Crippen LogP contribution is -1.98. The van der Waals surface area contributed by atoms with E-state index in [1.807, 2.05) is 44.3 Å². The van der Waals surface area contributed by atoms with Crippen molar-refractivity contribution in [2.45, 2.75) is 20.4 Å². The van der Waals surface area contributed by atoms with Crippen molar-refractivity contribution >= 4 is 17.0 Å². The molecule has 1 aromatic heterocycles. The van der Waals surface area contributed by atoms with Crippen LogP contribution >= 0.6 is 11.3 Å². The van der Waals surface area contributed by atoms with Crippen LogP contribution in [0, 0.1) is 6.92 Å². The fraction of sp³-hybridized carbons (Fsp3) is 0.308. The summed E-state index contributed by atoms with van der Waals surface area (Å²) in [6, 6.07) is 8.00. The summed E-state index contributed by atoms with van der Waals surface area (Å²) >= 11 is 1.72. The number of ether oxygens (including phenoxy) is 1. The minimum Gasteiger partial charge on any atom is -0.494 e. The first-order chi connectivity index (χ1) is 8.28. The molecule has 90 valence electrons. The number of anilines is 1. The second kappa shape index (κ2) is 5.68. The number of hydrogen-bond donors (Lipinski definition) is 1. The normalized spacial score (nSPS) is 10.2. The lowest BCUT2D eigenvalue weighted by Gasteiger charge is -2.07. The van der Waals surface area contributed by atoms with Crippen LogP contribution in [0.4, 0.5) is 5.69 Å². The largest absolute Gasteiger partial charge is 0.494 e. The van der Waals surface area contributed by atoms with Crippen LogP contribution in [0.25, 0.3) is 0 Å². The first-order valence-corrected chi connectivity index (χ1v) is 6.47. The molecule has 0 radical (unpaired) electrons. The third kappa shape index (κ3) is 3.46. The zero-order valence-corrected chi connectivity index (χ0v) is 10.9. The van der Waals surface area contributed by atoms with E-state index in [1.165, 1.54) is 4.88 Å². The van der Waals surface area contributed by atoms with Gasteiger partial charge in [-0.25, -0.2) is 4.98 Å². The molecule has 17 heavy (non-hydrogen) atoms. The van der Waals surface area contributed by atoms with Crippen LogP contribution in [0.1, 0.15) is 16.8 Å². The zero-order valence-electron chi connectivity index (χ0n) is 10.1. The summed E-state index contributed by atoms with van der Waals surface area (Å²) in [6.45, 7) is 5.50. The predicted molar refractivity (Wildman–Crippen MR) is 71.8 cm³/mol. The molecule has 0 unspecified atom stereocenters. The Kier molecular flexibility index (Phi) is 3.98. The van der Waals surface area contributed by atoms with Gasteiger partial charge in [0.25, 0.3) is 0 Å². The van der Waals surface area contributed by atoms with Gasteiger partial charge < -0.3 is 10.1 Å². The van der Waals surface area contributed by atoms with Gasteiger partial charge in [0.2, 0.25) is 0 Å². The Labute approximate surface area is 105 Å². The Balaban J connectivity index is 1.96. The average molecular weight is 248 g/mol. The average Bonchev–Trinajstić information content (AvgIpc) is 2.74. The number of nitrogens with zero attached hydrogens (tertiary/aromatic N) is 1. The number of benzene rings is 1. The van der Waals surface area contributed by atoms with Crippen LogP contribution in [-0.4, -0.2) is 11.6 Å². The van der Waals surface area contributed by atoms with Gasteiger partial charge in [-0.3, -0.25) is 0 Å². The molecular formula is C13H16N2OS. The molecule has 3 nitrogen and oxygen atoms in total. The fourth-order valence-electron chi connectivity index (χ4n) is 1.54. The van der Waals surface area contributed by atoms with Crippen molar-refractivity contribution in [2.24, 2.45) is 0 Å². The lowest BCUT2D eigenvalue weighted by molar-refractivity contribution is 0.340. The predicted octanol–water partition coefficient (Wildman–Crippen LogP) is 3.46. The van der Waals surface area contributed by atoms with Gasteiger partial charge in [0.05, 0.1) is 18.2 Å². The van der Waals surface area contributed by atoms with Gasteiger partial charge >= 0.3 is 0 Å². The Hall–Kier alpha value is -1.55. The van der Waals surface area contributed by atoms with E-state index in [4.69, 9.17) is 4.74 Å². The number of thiazole rings is 1. The van der Waals surface area contributed by atoms with E-state index >= 15 is 0 Å². The smallest absolute Gasteiger partial charge is 0.121 e. The molecule has 0 amide bonds. The van der Waals surface area contributed by atoms with Crippen LogP contribution in [-0.2, 0) is 6.54 Å². The molecule has 0 fully saturated rings. The Morgan fingerprint density at radius 1 is 1.41 bits per heavy atom. The minimum atomic E-state index is 0.692. The van der Waals surface area contributed by atoms with Crippen LogP contribution in [0.5, 0.6) is 5.75 Å². The molecule has 1 N–H and O–H groups in total. The van der Waals surface area contributed by atoms with E-state index in [9.17, 15) is 0 Å². The van der Waals surface area contributed by atoms with Gasteiger partial charge in [0.15, 0.2) is 0 Å². The maximum atomic E-state index is 5.45. The van der Waals surface area contributed by atoms with Crippen molar-refractivity contribution in [3.8, 4) is 5.75 Å². The molecular weight excluding hydrogens is 232 g/mol. The highest BCUT2D eigenvalue weighted by atomic mass is 32.1. The molecule has 2 rings (SSSR count). The highest BCUT2D eigenvalue weighted by Crippen LogP contribution is 2.19. The van der Waals surface area contributed by atoms with E-state index in [0.717, 1.165) is 23.0 Å². The van der Waals surface area contributed by atoms with Gasteiger partial charge in [-0.2, -0.15) is 0 Å². The van der Waals surface area contributed by atoms with Gasteiger partial charge in [-0.05, 0) is 26.0 Å². The SMILES string of the molecule is CCOc1cccc(NCc2cnc(C)s2)c1. The van der Waals surface area contributed by atoms with Crippen molar-refractivity contribution < 1.29 is 4.74 Å². The molecule has 1 aromatic carbocycles. The summed E-state index contributed by atoms with van der Waals surface area (Å²) in [6.07, 6.45) is 1.92. The summed E-state index contributed by atoms with van der Waals surface area (Å²) in [5, 5.41) is 4.47. The van der Waals surface area contributed by atoms with Crippen LogP contribution < -0.4 is 10.1 Å². The van der Waals surface area contributed by atoms with E-state index < -0.39 is 0 Å².